The van der Waals surface area contributed by atoms with Crippen LogP contribution in [0.25, 0.3) is 22.2 Å². The number of para-hydroxylation sites is 1. The van der Waals surface area contributed by atoms with Gasteiger partial charge in [0.25, 0.3) is 0 Å². The van der Waals surface area contributed by atoms with Gasteiger partial charge in [-0.15, -0.1) is 0 Å². The minimum Gasteiger partial charge on any atom is -0.446 e. The second kappa shape index (κ2) is 9.96. The van der Waals surface area contributed by atoms with E-state index in [2.05, 4.69) is 9.97 Å². The summed E-state index contributed by atoms with van der Waals surface area (Å²) in [5, 5.41) is 0.989. The second-order valence-corrected chi connectivity index (χ2v) is 12.0. The van der Waals surface area contributed by atoms with Gasteiger partial charge in [0.05, 0.1) is 24.1 Å². The molecule has 2 atom stereocenters. The lowest BCUT2D eigenvalue weighted by molar-refractivity contribution is -0.141. The van der Waals surface area contributed by atoms with Crippen LogP contribution in [-0.2, 0) is 37.3 Å². The molecule has 0 spiro atoms. The Bertz CT molecular complexity index is 1520. The summed E-state index contributed by atoms with van der Waals surface area (Å²) in [6.07, 6.45) is -0.889. The molecule has 0 aliphatic carbocycles. The third kappa shape index (κ3) is 5.29. The van der Waals surface area contributed by atoms with Crippen LogP contribution in [0.4, 0.5) is 13.2 Å². The number of carbonyl (C=O) groups excluding carboxylic acids is 1. The molecule has 4 aromatic rings. The lowest BCUT2D eigenvalue weighted by Gasteiger charge is -2.24. The van der Waals surface area contributed by atoms with Crippen molar-refractivity contribution in [3.8, 4) is 11.3 Å². The number of aryl methyl sites for hydroxylation is 1. The first-order valence-electron chi connectivity index (χ1n) is 11.6. The van der Waals surface area contributed by atoms with E-state index in [9.17, 15) is 22.2 Å². The van der Waals surface area contributed by atoms with E-state index in [1.54, 1.807) is 34.6 Å². The molecular weight excluding hydrogens is 523 g/mol. The number of rotatable bonds is 7. The third-order valence-corrected chi connectivity index (χ3v) is 9.20. The van der Waals surface area contributed by atoms with Gasteiger partial charge in [-0.1, -0.05) is 36.4 Å². The monoisotopic (exact) mass is 545 g/mol. The number of hydrogen-bond donors (Lipinski definition) is 0. The highest BCUT2D eigenvalue weighted by atomic mass is 32.8. The summed E-state index contributed by atoms with van der Waals surface area (Å²) in [6.45, 7) is 0.442. The molecular formula is C26H22F3N3O3S2. The number of halogens is 3. The Labute approximate surface area is 216 Å². The van der Waals surface area contributed by atoms with Gasteiger partial charge >= 0.3 is 6.18 Å². The number of benzene rings is 2. The molecule has 2 aromatic carbocycles. The Morgan fingerprint density at radius 1 is 1.11 bits per heavy atom. The number of aromatic nitrogens is 2. The van der Waals surface area contributed by atoms with E-state index in [0.717, 1.165) is 17.1 Å². The number of furan rings is 1. The zero-order chi connectivity index (χ0) is 26.2. The molecule has 1 saturated heterocycles. The molecule has 0 bridgehead atoms. The predicted octanol–water partition coefficient (Wildman–Crippen LogP) is 5.60. The highest BCUT2D eigenvalue weighted by Gasteiger charge is 2.38. The molecule has 3 heterocycles. The van der Waals surface area contributed by atoms with Crippen molar-refractivity contribution in [2.24, 2.45) is 0 Å². The molecule has 1 aliphatic rings. The maximum absolute atomic E-state index is 13.6. The number of ketones is 1. The van der Waals surface area contributed by atoms with Crippen LogP contribution >= 0.6 is 0 Å². The lowest BCUT2D eigenvalue weighted by atomic mass is 10.0. The minimum absolute atomic E-state index is 0.0640. The Morgan fingerprint density at radius 3 is 2.65 bits per heavy atom. The Balaban J connectivity index is 1.28. The van der Waals surface area contributed by atoms with Gasteiger partial charge in [0.2, 0.25) is 5.09 Å². The summed E-state index contributed by atoms with van der Waals surface area (Å²) >= 11 is 5.51. The first kappa shape index (κ1) is 25.5. The van der Waals surface area contributed by atoms with Crippen molar-refractivity contribution >= 4 is 36.6 Å². The van der Waals surface area contributed by atoms with Crippen molar-refractivity contribution < 1.29 is 26.6 Å². The van der Waals surface area contributed by atoms with E-state index in [-0.39, 0.29) is 17.3 Å². The average Bonchev–Trinajstić information content (AvgIpc) is 3.55. The molecule has 1 fully saturated rings. The van der Waals surface area contributed by atoms with Crippen molar-refractivity contribution in [2.75, 3.05) is 6.54 Å². The van der Waals surface area contributed by atoms with E-state index in [4.69, 9.17) is 15.6 Å². The summed E-state index contributed by atoms with van der Waals surface area (Å²) in [7, 11) is -3.15. The van der Waals surface area contributed by atoms with Crippen LogP contribution in [0.2, 0.25) is 0 Å². The normalized spacial score (nSPS) is 18.2. The van der Waals surface area contributed by atoms with Gasteiger partial charge in [0.15, 0.2) is 20.2 Å². The summed E-state index contributed by atoms with van der Waals surface area (Å²) in [5.41, 5.74) is 1.27. The van der Waals surface area contributed by atoms with Crippen molar-refractivity contribution in [1.29, 1.82) is 0 Å². The third-order valence-electron chi connectivity index (χ3n) is 6.37. The largest absolute Gasteiger partial charge is 0.446 e. The average molecular weight is 546 g/mol. The maximum Gasteiger partial charge on any atom is 0.434 e. The van der Waals surface area contributed by atoms with Gasteiger partial charge in [-0.25, -0.2) is 13.5 Å². The number of alkyl halides is 3. The van der Waals surface area contributed by atoms with E-state index < -0.39 is 26.6 Å². The molecule has 6 nitrogen and oxygen atoms in total. The highest BCUT2D eigenvalue weighted by Crippen LogP contribution is 2.32. The molecule has 1 aliphatic heterocycles. The van der Waals surface area contributed by atoms with Crippen molar-refractivity contribution in [3.05, 3.63) is 78.2 Å². The zero-order valence-electron chi connectivity index (χ0n) is 19.5. The standard InChI is InChI=1S/C26H22F3N3O3S2/c27-26(28,29)24-16-30-20(15-31-24)18-7-3-5-17(13-18)10-11-22(33)21-8-4-12-32(21)37(34,36)25-14-19-6-1-2-9-23(19)35-25/h1-3,5-7,9,13-16,21H,4,8,10-12H2/t21-,37?/m0/s1. The molecule has 192 valence electrons. The van der Waals surface area contributed by atoms with Crippen molar-refractivity contribution in [1.82, 2.24) is 14.3 Å². The molecule has 2 aromatic heterocycles. The second-order valence-electron chi connectivity index (χ2n) is 8.83. The Kier molecular flexibility index (Phi) is 6.86. The quantitative estimate of drug-likeness (QED) is 0.301. The van der Waals surface area contributed by atoms with E-state index in [1.807, 2.05) is 24.3 Å². The molecule has 0 amide bonds. The number of hydrogen-bond acceptors (Lipinski definition) is 6. The van der Waals surface area contributed by atoms with E-state index in [1.165, 1.54) is 0 Å². The molecule has 1 unspecified atom stereocenters. The van der Waals surface area contributed by atoms with Gasteiger partial charge in [-0.2, -0.15) is 13.2 Å². The summed E-state index contributed by atoms with van der Waals surface area (Å²) < 4.78 is 59.3. The minimum atomic E-state index is -4.55. The van der Waals surface area contributed by atoms with Crippen LogP contribution < -0.4 is 0 Å². The fraction of sp³-hybridized carbons (Fsp3) is 0.269. The first-order valence-corrected chi connectivity index (χ1v) is 14.1. The van der Waals surface area contributed by atoms with Crippen LogP contribution in [-0.4, -0.2) is 36.9 Å². The topological polar surface area (TPSA) is 76.3 Å². The molecule has 0 saturated carbocycles. The van der Waals surface area contributed by atoms with Crippen LogP contribution in [0.1, 0.15) is 30.5 Å². The van der Waals surface area contributed by atoms with E-state index >= 15 is 0 Å². The van der Waals surface area contributed by atoms with Gasteiger partial charge in [0.1, 0.15) is 5.58 Å². The van der Waals surface area contributed by atoms with Gasteiger partial charge in [-0.05, 0) is 37.0 Å². The SMILES string of the molecule is O=C(CCc1cccc(-c2cnc(C(F)(F)F)cn2)c1)[C@@H]1CCCN1S(=O)(=S)c1cc2ccccc2o1. The Morgan fingerprint density at radius 2 is 1.92 bits per heavy atom. The summed E-state index contributed by atoms with van der Waals surface area (Å²) in [6, 6.07) is 15.5. The first-order chi connectivity index (χ1) is 17.6. The molecule has 5 rings (SSSR count). The fourth-order valence-corrected chi connectivity index (χ4v) is 6.90. The molecule has 11 heteroatoms. The smallest absolute Gasteiger partial charge is 0.434 e. The highest BCUT2D eigenvalue weighted by molar-refractivity contribution is 8.31. The molecule has 0 N–H and O–H groups in total. The van der Waals surface area contributed by atoms with Crippen LogP contribution in [0.5, 0.6) is 0 Å². The predicted molar refractivity (Wildman–Crippen MR) is 136 cm³/mol. The lowest BCUT2D eigenvalue weighted by Crippen LogP contribution is -2.40. The van der Waals surface area contributed by atoms with Gasteiger partial charge in [-0.3, -0.25) is 9.78 Å². The molecule has 37 heavy (non-hydrogen) atoms. The van der Waals surface area contributed by atoms with Crippen molar-refractivity contribution in [3.63, 3.8) is 0 Å². The van der Waals surface area contributed by atoms with E-state index in [0.29, 0.717) is 48.8 Å². The van der Waals surface area contributed by atoms with Crippen LogP contribution in [0.15, 0.2) is 76.5 Å². The summed E-state index contributed by atoms with van der Waals surface area (Å²) in [4.78, 5) is 20.5. The zero-order valence-corrected chi connectivity index (χ0v) is 21.1. The fourth-order valence-electron chi connectivity index (χ4n) is 4.49. The molecule has 0 radical (unpaired) electrons. The van der Waals surface area contributed by atoms with Gasteiger partial charge in [0, 0.05) is 41.2 Å². The number of carbonyl (C=O) groups is 1. The van der Waals surface area contributed by atoms with Crippen molar-refractivity contribution in [2.45, 2.75) is 43.0 Å². The summed E-state index contributed by atoms with van der Waals surface area (Å²) in [5.74, 6) is -0.0640. The Hall–Kier alpha value is -3.15. The van der Waals surface area contributed by atoms with Gasteiger partial charge < -0.3 is 4.42 Å². The number of nitrogens with zero attached hydrogens (tertiary/aromatic N) is 3. The van der Waals surface area contributed by atoms with Crippen LogP contribution in [0.3, 0.4) is 0 Å². The number of Topliss-reactive ketones (excluding diaryl/α,β-unsaturated/α-hetero) is 1. The van der Waals surface area contributed by atoms with Crippen LogP contribution in [0, 0.1) is 0 Å². The number of fused-ring (bicyclic) bond motifs is 1. The maximum atomic E-state index is 13.6.